The van der Waals surface area contributed by atoms with E-state index in [1.165, 1.54) is 12.3 Å². The van der Waals surface area contributed by atoms with Crippen LogP contribution in [0.2, 0.25) is 18.1 Å². The molecule has 0 saturated heterocycles. The minimum Gasteiger partial charge on any atom is -0.413 e. The Bertz CT molecular complexity index is 360. The molecule has 0 atom stereocenters. The molecule has 0 bridgehead atoms. The van der Waals surface area contributed by atoms with Gasteiger partial charge in [0.2, 0.25) is 5.95 Å². The second kappa shape index (κ2) is 4.63. The Kier molecular flexibility index (Phi) is 3.86. The highest BCUT2D eigenvalue weighted by atomic mass is 28.4. The molecule has 2 nitrogen and oxygen atoms in total. The van der Waals surface area contributed by atoms with Gasteiger partial charge in [-0.25, -0.2) is 4.98 Å². The van der Waals surface area contributed by atoms with Gasteiger partial charge in [0.25, 0.3) is 0 Å². The number of hydrogen-bond acceptors (Lipinski definition) is 2. The molecular formula is C12H20FNOSi. The van der Waals surface area contributed by atoms with Crippen molar-refractivity contribution in [3.05, 3.63) is 29.8 Å². The summed E-state index contributed by atoms with van der Waals surface area (Å²) in [5, 5.41) is 0.179. The molecule has 0 amide bonds. The summed E-state index contributed by atoms with van der Waals surface area (Å²) in [4.78, 5) is 3.52. The lowest BCUT2D eigenvalue weighted by Gasteiger charge is -2.36. The zero-order valence-electron chi connectivity index (χ0n) is 10.7. The van der Waals surface area contributed by atoms with Gasteiger partial charge in [-0.15, -0.1) is 0 Å². The normalized spacial score (nSPS) is 12.9. The van der Waals surface area contributed by atoms with E-state index in [1.807, 2.05) is 0 Å². The summed E-state index contributed by atoms with van der Waals surface area (Å²) in [6.07, 6.45) is 1.47. The molecule has 0 spiro atoms. The van der Waals surface area contributed by atoms with Gasteiger partial charge in [-0.3, -0.25) is 0 Å². The molecule has 4 heteroatoms. The third-order valence-electron chi connectivity index (χ3n) is 3.20. The summed E-state index contributed by atoms with van der Waals surface area (Å²) < 4.78 is 18.8. The molecule has 1 aromatic rings. The molecule has 90 valence electrons. The van der Waals surface area contributed by atoms with E-state index in [4.69, 9.17) is 4.43 Å². The zero-order valence-corrected chi connectivity index (χ0v) is 11.7. The van der Waals surface area contributed by atoms with Gasteiger partial charge in [-0.05, 0) is 35.8 Å². The topological polar surface area (TPSA) is 22.1 Å². The first-order chi connectivity index (χ1) is 7.22. The smallest absolute Gasteiger partial charge is 0.213 e. The predicted molar refractivity (Wildman–Crippen MR) is 66.2 cm³/mol. The lowest BCUT2D eigenvalue weighted by molar-refractivity contribution is 0.275. The summed E-state index contributed by atoms with van der Waals surface area (Å²) in [7, 11) is -1.75. The van der Waals surface area contributed by atoms with Crippen molar-refractivity contribution in [1.82, 2.24) is 4.98 Å². The van der Waals surface area contributed by atoms with Gasteiger partial charge in [0.05, 0.1) is 6.61 Å². The third-order valence-corrected chi connectivity index (χ3v) is 7.68. The number of aromatic nitrogens is 1. The summed E-state index contributed by atoms with van der Waals surface area (Å²) in [6.45, 7) is 11.4. The Morgan fingerprint density at radius 2 is 2.00 bits per heavy atom. The number of pyridine rings is 1. The third kappa shape index (κ3) is 3.38. The minimum atomic E-state index is -1.75. The van der Waals surface area contributed by atoms with Gasteiger partial charge < -0.3 is 4.43 Å². The maximum absolute atomic E-state index is 12.9. The largest absolute Gasteiger partial charge is 0.413 e. The van der Waals surface area contributed by atoms with Crippen molar-refractivity contribution in [2.24, 2.45) is 0 Å². The van der Waals surface area contributed by atoms with Crippen LogP contribution < -0.4 is 0 Å². The Morgan fingerprint density at radius 1 is 1.38 bits per heavy atom. The van der Waals surface area contributed by atoms with Crippen LogP contribution in [-0.4, -0.2) is 13.3 Å². The maximum Gasteiger partial charge on any atom is 0.213 e. The Hall–Kier alpha value is -0.743. The summed E-state index contributed by atoms with van der Waals surface area (Å²) in [5.74, 6) is -0.448. The Labute approximate surface area is 98.0 Å². The van der Waals surface area contributed by atoms with Gasteiger partial charge in [0.15, 0.2) is 8.32 Å². The van der Waals surface area contributed by atoms with E-state index in [0.29, 0.717) is 6.61 Å². The first-order valence-electron chi connectivity index (χ1n) is 5.47. The van der Waals surface area contributed by atoms with Crippen LogP contribution in [0.1, 0.15) is 26.3 Å². The van der Waals surface area contributed by atoms with E-state index in [1.54, 1.807) is 6.07 Å². The number of halogens is 1. The van der Waals surface area contributed by atoms with Crippen molar-refractivity contribution in [3.8, 4) is 0 Å². The quantitative estimate of drug-likeness (QED) is 0.594. The molecule has 0 aliphatic carbocycles. The molecule has 1 aromatic heterocycles. The standard InChI is InChI=1S/C12H20FNOSi/c1-12(2,3)16(4,5)15-9-10-6-7-14-11(13)8-10/h6-8H,9H2,1-5H3. The van der Waals surface area contributed by atoms with E-state index in [0.717, 1.165) is 5.56 Å². The number of hydrogen-bond donors (Lipinski definition) is 0. The lowest BCUT2D eigenvalue weighted by atomic mass is 10.2. The van der Waals surface area contributed by atoms with Crippen molar-refractivity contribution < 1.29 is 8.82 Å². The molecule has 0 fully saturated rings. The van der Waals surface area contributed by atoms with Gasteiger partial charge in [0, 0.05) is 6.20 Å². The second-order valence-electron chi connectivity index (χ2n) is 5.54. The molecule has 0 aliphatic heterocycles. The second-order valence-corrected chi connectivity index (χ2v) is 10.3. The molecule has 0 radical (unpaired) electrons. The van der Waals surface area contributed by atoms with Crippen LogP contribution in [-0.2, 0) is 11.0 Å². The zero-order chi connectivity index (χ0) is 12.4. The summed E-state index contributed by atoms with van der Waals surface area (Å²) >= 11 is 0. The van der Waals surface area contributed by atoms with Crippen molar-refractivity contribution in [3.63, 3.8) is 0 Å². The lowest BCUT2D eigenvalue weighted by Crippen LogP contribution is -2.40. The van der Waals surface area contributed by atoms with Crippen LogP contribution in [0.25, 0.3) is 0 Å². The molecule has 1 rings (SSSR count). The SMILES string of the molecule is CC(C)(C)[Si](C)(C)OCc1ccnc(F)c1. The van der Waals surface area contributed by atoms with Crippen LogP contribution in [0.5, 0.6) is 0 Å². The Morgan fingerprint density at radius 3 is 2.50 bits per heavy atom. The first-order valence-corrected chi connectivity index (χ1v) is 8.37. The van der Waals surface area contributed by atoms with Gasteiger partial charge in [-0.1, -0.05) is 20.8 Å². The predicted octanol–water partition coefficient (Wildman–Crippen LogP) is 3.74. The molecule has 0 saturated carbocycles. The molecule has 0 unspecified atom stereocenters. The van der Waals surface area contributed by atoms with Crippen LogP contribution in [0.3, 0.4) is 0 Å². The van der Waals surface area contributed by atoms with Crippen LogP contribution in [0, 0.1) is 5.95 Å². The molecule has 16 heavy (non-hydrogen) atoms. The van der Waals surface area contributed by atoms with Crippen molar-refractivity contribution >= 4 is 8.32 Å². The van der Waals surface area contributed by atoms with E-state index in [2.05, 4.69) is 38.8 Å². The van der Waals surface area contributed by atoms with Crippen molar-refractivity contribution in [2.45, 2.75) is 45.5 Å². The van der Waals surface area contributed by atoms with E-state index in [9.17, 15) is 4.39 Å². The fourth-order valence-corrected chi connectivity index (χ4v) is 1.97. The van der Waals surface area contributed by atoms with Crippen LogP contribution in [0.4, 0.5) is 4.39 Å². The van der Waals surface area contributed by atoms with E-state index in [-0.39, 0.29) is 5.04 Å². The fraction of sp³-hybridized carbons (Fsp3) is 0.583. The van der Waals surface area contributed by atoms with E-state index >= 15 is 0 Å². The first kappa shape index (κ1) is 13.3. The number of nitrogens with zero attached hydrogens (tertiary/aromatic N) is 1. The van der Waals surface area contributed by atoms with E-state index < -0.39 is 14.3 Å². The number of rotatable bonds is 3. The van der Waals surface area contributed by atoms with Crippen LogP contribution in [0.15, 0.2) is 18.3 Å². The molecule has 1 heterocycles. The molecule has 0 aromatic carbocycles. The van der Waals surface area contributed by atoms with Gasteiger partial charge >= 0.3 is 0 Å². The molecule has 0 aliphatic rings. The average molecular weight is 241 g/mol. The average Bonchev–Trinajstić information content (AvgIpc) is 2.13. The van der Waals surface area contributed by atoms with Gasteiger partial charge in [0.1, 0.15) is 0 Å². The van der Waals surface area contributed by atoms with Crippen LogP contribution >= 0.6 is 0 Å². The Balaban J connectivity index is 2.65. The highest BCUT2D eigenvalue weighted by Crippen LogP contribution is 2.36. The summed E-state index contributed by atoms with van der Waals surface area (Å²) in [6, 6.07) is 3.21. The molecule has 0 N–H and O–H groups in total. The monoisotopic (exact) mass is 241 g/mol. The van der Waals surface area contributed by atoms with Crippen molar-refractivity contribution in [2.75, 3.05) is 0 Å². The minimum absolute atomic E-state index is 0.179. The summed E-state index contributed by atoms with van der Waals surface area (Å²) in [5.41, 5.74) is 0.845. The highest BCUT2D eigenvalue weighted by molar-refractivity contribution is 6.74. The highest BCUT2D eigenvalue weighted by Gasteiger charge is 2.36. The van der Waals surface area contributed by atoms with Crippen molar-refractivity contribution in [1.29, 1.82) is 0 Å². The maximum atomic E-state index is 12.9. The fourth-order valence-electron chi connectivity index (χ4n) is 1.01. The van der Waals surface area contributed by atoms with Gasteiger partial charge in [-0.2, -0.15) is 4.39 Å². The molecular weight excluding hydrogens is 221 g/mol.